The first kappa shape index (κ1) is 10.5. The van der Waals surface area contributed by atoms with E-state index in [1.807, 2.05) is 19.9 Å². The smallest absolute Gasteiger partial charge is 0.128 e. The van der Waals surface area contributed by atoms with E-state index in [4.69, 9.17) is 5.73 Å². The normalized spacial score (nSPS) is 12.4. The summed E-state index contributed by atoms with van der Waals surface area (Å²) in [4.78, 5) is 11.5. The Morgan fingerprint density at radius 1 is 1.44 bits per heavy atom. The van der Waals surface area contributed by atoms with E-state index in [-0.39, 0.29) is 6.04 Å². The van der Waals surface area contributed by atoms with E-state index in [0.717, 1.165) is 22.9 Å². The Labute approximate surface area is 94.1 Å². The first-order valence-electron chi connectivity index (χ1n) is 5.15. The van der Waals surface area contributed by atoms with Crippen molar-refractivity contribution in [3.05, 3.63) is 36.0 Å². The molecule has 4 N–H and O–H groups in total. The second-order valence-electron chi connectivity index (χ2n) is 3.77. The fraction of sp³-hybridized carbons (Fsp3) is 0.273. The molecule has 0 aliphatic heterocycles. The minimum atomic E-state index is 0.0737. The standard InChI is InChI=1S/C11H15N5/c1-7-6-15-10(5-9(7)12)16-8(2)11-13-3-4-14-11/h3-6,8H,1-2H3,(H,13,14)(H3,12,15,16). The highest BCUT2D eigenvalue weighted by Gasteiger charge is 2.08. The number of pyridine rings is 1. The maximum atomic E-state index is 5.81. The Hall–Kier alpha value is -2.04. The summed E-state index contributed by atoms with van der Waals surface area (Å²) in [5.74, 6) is 1.63. The fourth-order valence-electron chi connectivity index (χ4n) is 1.42. The number of aromatic amines is 1. The van der Waals surface area contributed by atoms with Gasteiger partial charge in [-0.1, -0.05) is 0 Å². The van der Waals surface area contributed by atoms with Crippen LogP contribution >= 0.6 is 0 Å². The van der Waals surface area contributed by atoms with Crippen molar-refractivity contribution in [3.8, 4) is 0 Å². The van der Waals surface area contributed by atoms with E-state index in [0.29, 0.717) is 0 Å². The van der Waals surface area contributed by atoms with Crippen LogP contribution in [0, 0.1) is 6.92 Å². The molecule has 0 spiro atoms. The number of nitrogen functional groups attached to an aromatic ring is 1. The molecule has 0 amide bonds. The van der Waals surface area contributed by atoms with Crippen LogP contribution in [0.25, 0.3) is 0 Å². The number of nitrogens with one attached hydrogen (secondary N) is 2. The Balaban J connectivity index is 2.12. The van der Waals surface area contributed by atoms with Crippen LogP contribution in [0.4, 0.5) is 11.5 Å². The number of nitrogens with zero attached hydrogens (tertiary/aromatic N) is 2. The molecule has 2 rings (SSSR count). The molecule has 0 aromatic carbocycles. The van der Waals surface area contributed by atoms with Crippen LogP contribution in [0.3, 0.4) is 0 Å². The molecule has 1 atom stereocenters. The summed E-state index contributed by atoms with van der Waals surface area (Å²) in [6.07, 6.45) is 5.28. The minimum Gasteiger partial charge on any atom is -0.398 e. The monoisotopic (exact) mass is 217 g/mol. The van der Waals surface area contributed by atoms with Gasteiger partial charge in [0.25, 0.3) is 0 Å². The lowest BCUT2D eigenvalue weighted by atomic mass is 10.2. The molecule has 5 heteroatoms. The van der Waals surface area contributed by atoms with Crippen molar-refractivity contribution >= 4 is 11.5 Å². The summed E-state index contributed by atoms with van der Waals surface area (Å²) in [5.41, 5.74) is 7.53. The first-order chi connectivity index (χ1) is 7.66. The molecular weight excluding hydrogens is 202 g/mol. The van der Waals surface area contributed by atoms with Crippen molar-refractivity contribution in [2.24, 2.45) is 0 Å². The summed E-state index contributed by atoms with van der Waals surface area (Å²) < 4.78 is 0. The molecule has 0 fully saturated rings. The number of nitrogens with two attached hydrogens (primary N) is 1. The van der Waals surface area contributed by atoms with Gasteiger partial charge in [0.2, 0.25) is 0 Å². The van der Waals surface area contributed by atoms with Crippen molar-refractivity contribution in [3.63, 3.8) is 0 Å². The van der Waals surface area contributed by atoms with E-state index in [9.17, 15) is 0 Å². The van der Waals surface area contributed by atoms with Gasteiger partial charge in [0, 0.05) is 30.3 Å². The number of hydrogen-bond acceptors (Lipinski definition) is 4. The quantitative estimate of drug-likeness (QED) is 0.733. The summed E-state index contributed by atoms with van der Waals surface area (Å²) in [5, 5.41) is 3.23. The number of rotatable bonds is 3. The van der Waals surface area contributed by atoms with E-state index in [2.05, 4.69) is 20.3 Å². The zero-order valence-corrected chi connectivity index (χ0v) is 9.36. The van der Waals surface area contributed by atoms with Crippen LogP contribution < -0.4 is 11.1 Å². The predicted molar refractivity (Wildman–Crippen MR) is 64.0 cm³/mol. The van der Waals surface area contributed by atoms with Crippen molar-refractivity contribution in [1.29, 1.82) is 0 Å². The molecule has 84 valence electrons. The SMILES string of the molecule is Cc1cnc(NC(C)c2ncc[nH]2)cc1N. The van der Waals surface area contributed by atoms with Crippen molar-refractivity contribution in [2.45, 2.75) is 19.9 Å². The highest BCUT2D eigenvalue weighted by Crippen LogP contribution is 2.18. The van der Waals surface area contributed by atoms with Crippen LogP contribution in [0.1, 0.15) is 24.4 Å². The largest absolute Gasteiger partial charge is 0.398 e. The van der Waals surface area contributed by atoms with E-state index in [1.54, 1.807) is 18.6 Å². The molecule has 0 aliphatic rings. The Morgan fingerprint density at radius 3 is 2.88 bits per heavy atom. The van der Waals surface area contributed by atoms with Gasteiger partial charge in [0.15, 0.2) is 0 Å². The van der Waals surface area contributed by atoms with Gasteiger partial charge in [-0.15, -0.1) is 0 Å². The minimum absolute atomic E-state index is 0.0737. The maximum Gasteiger partial charge on any atom is 0.128 e. The second kappa shape index (κ2) is 4.22. The highest BCUT2D eigenvalue weighted by molar-refractivity contribution is 5.53. The number of imidazole rings is 1. The lowest BCUT2D eigenvalue weighted by molar-refractivity contribution is 0.804. The van der Waals surface area contributed by atoms with Gasteiger partial charge in [0.1, 0.15) is 11.6 Å². The maximum absolute atomic E-state index is 5.81. The summed E-state index contributed by atoms with van der Waals surface area (Å²) >= 11 is 0. The zero-order chi connectivity index (χ0) is 11.5. The molecule has 2 heterocycles. The van der Waals surface area contributed by atoms with Crippen molar-refractivity contribution in [2.75, 3.05) is 11.1 Å². The van der Waals surface area contributed by atoms with Gasteiger partial charge < -0.3 is 16.0 Å². The van der Waals surface area contributed by atoms with Crippen LogP contribution in [0.15, 0.2) is 24.7 Å². The van der Waals surface area contributed by atoms with Gasteiger partial charge in [-0.2, -0.15) is 0 Å². The molecular formula is C11H15N5. The molecule has 16 heavy (non-hydrogen) atoms. The van der Waals surface area contributed by atoms with E-state index in [1.165, 1.54) is 0 Å². The number of anilines is 2. The average molecular weight is 217 g/mol. The molecule has 0 aliphatic carbocycles. The third-order valence-corrected chi connectivity index (χ3v) is 2.44. The second-order valence-corrected chi connectivity index (χ2v) is 3.77. The topological polar surface area (TPSA) is 79.6 Å². The lowest BCUT2D eigenvalue weighted by Crippen LogP contribution is -2.10. The molecule has 0 saturated heterocycles. The molecule has 0 bridgehead atoms. The molecule has 5 nitrogen and oxygen atoms in total. The van der Waals surface area contributed by atoms with Crippen LogP contribution in [-0.4, -0.2) is 15.0 Å². The molecule has 0 radical (unpaired) electrons. The van der Waals surface area contributed by atoms with Crippen LogP contribution in [-0.2, 0) is 0 Å². The fourth-order valence-corrected chi connectivity index (χ4v) is 1.42. The predicted octanol–water partition coefficient (Wildman–Crippen LogP) is 1.87. The van der Waals surface area contributed by atoms with Gasteiger partial charge in [-0.05, 0) is 19.4 Å². The third kappa shape index (κ3) is 2.13. The van der Waals surface area contributed by atoms with Gasteiger partial charge in [0.05, 0.1) is 6.04 Å². The molecule has 2 aromatic rings. The van der Waals surface area contributed by atoms with E-state index >= 15 is 0 Å². The van der Waals surface area contributed by atoms with Gasteiger partial charge >= 0.3 is 0 Å². The summed E-state index contributed by atoms with van der Waals surface area (Å²) in [6.45, 7) is 3.94. The number of aromatic nitrogens is 3. The first-order valence-corrected chi connectivity index (χ1v) is 5.15. The van der Waals surface area contributed by atoms with E-state index < -0.39 is 0 Å². The van der Waals surface area contributed by atoms with Crippen LogP contribution in [0.5, 0.6) is 0 Å². The number of H-pyrrole nitrogens is 1. The zero-order valence-electron chi connectivity index (χ0n) is 9.36. The summed E-state index contributed by atoms with van der Waals surface area (Å²) in [6, 6.07) is 1.90. The van der Waals surface area contributed by atoms with Crippen LogP contribution in [0.2, 0.25) is 0 Å². The number of aryl methyl sites for hydroxylation is 1. The lowest BCUT2D eigenvalue weighted by Gasteiger charge is -2.12. The summed E-state index contributed by atoms with van der Waals surface area (Å²) in [7, 11) is 0. The molecule has 0 saturated carbocycles. The Bertz CT molecular complexity index is 463. The molecule has 1 unspecified atom stereocenters. The molecule has 2 aromatic heterocycles. The van der Waals surface area contributed by atoms with Gasteiger partial charge in [-0.3, -0.25) is 0 Å². The third-order valence-electron chi connectivity index (χ3n) is 2.44. The Morgan fingerprint density at radius 2 is 2.25 bits per heavy atom. The number of hydrogen-bond donors (Lipinski definition) is 3. The Kier molecular flexibility index (Phi) is 2.76. The average Bonchev–Trinajstić information content (AvgIpc) is 2.77. The highest BCUT2D eigenvalue weighted by atomic mass is 15.1. The van der Waals surface area contributed by atoms with Gasteiger partial charge in [-0.25, -0.2) is 9.97 Å². The van der Waals surface area contributed by atoms with Crippen molar-refractivity contribution in [1.82, 2.24) is 15.0 Å². The van der Waals surface area contributed by atoms with Crippen molar-refractivity contribution < 1.29 is 0 Å².